The van der Waals surface area contributed by atoms with Gasteiger partial charge in [-0.15, -0.1) is 11.3 Å². The standard InChI is InChI=1S/C30H34F3N3O3S/c1-21-35-18-23(40-21)20-39-26-11-7-6-10-24(26)25-19-34-15-12-28(25)13-16-36(17-14-28)27(37)29(38-2,30(31,32)33)22-8-4-3-5-9-22/h3-11,18,25,34H,12-17,19-20H2,1-2H3/t25?,29-/m1/s1. The van der Waals surface area contributed by atoms with Crippen molar-refractivity contribution in [1.82, 2.24) is 15.2 Å². The van der Waals surface area contributed by atoms with Crippen molar-refractivity contribution < 1.29 is 27.4 Å². The summed E-state index contributed by atoms with van der Waals surface area (Å²) in [5.41, 5.74) is -2.33. The molecule has 3 heterocycles. The zero-order valence-corrected chi connectivity index (χ0v) is 23.5. The largest absolute Gasteiger partial charge is 0.488 e. The van der Waals surface area contributed by atoms with Crippen molar-refractivity contribution in [2.24, 2.45) is 5.41 Å². The molecule has 0 saturated carbocycles. The van der Waals surface area contributed by atoms with Crippen LogP contribution in [0.2, 0.25) is 0 Å². The Labute approximate surface area is 236 Å². The quantitative estimate of drug-likeness (QED) is 0.386. The molecule has 0 radical (unpaired) electrons. The van der Waals surface area contributed by atoms with Gasteiger partial charge < -0.3 is 19.7 Å². The van der Waals surface area contributed by atoms with Gasteiger partial charge in [0, 0.05) is 44.4 Å². The first kappa shape index (κ1) is 28.6. The average molecular weight is 574 g/mol. The number of hydrogen-bond donors (Lipinski definition) is 1. The minimum Gasteiger partial charge on any atom is -0.488 e. The molecular weight excluding hydrogens is 539 g/mol. The molecule has 6 nitrogen and oxygen atoms in total. The fourth-order valence-corrected chi connectivity index (χ4v) is 7.02. The molecule has 1 unspecified atom stereocenters. The van der Waals surface area contributed by atoms with Crippen molar-refractivity contribution in [2.75, 3.05) is 33.3 Å². The van der Waals surface area contributed by atoms with Crippen LogP contribution in [0.1, 0.15) is 46.2 Å². The van der Waals surface area contributed by atoms with Crippen LogP contribution in [0.25, 0.3) is 0 Å². The van der Waals surface area contributed by atoms with Gasteiger partial charge in [0.1, 0.15) is 12.4 Å². The normalized spacial score (nSPS) is 20.7. The van der Waals surface area contributed by atoms with E-state index in [4.69, 9.17) is 9.47 Å². The third-order valence-corrected chi connectivity index (χ3v) is 9.34. The van der Waals surface area contributed by atoms with Gasteiger partial charge in [0.05, 0.1) is 9.88 Å². The number of nitrogens with one attached hydrogen (secondary N) is 1. The van der Waals surface area contributed by atoms with E-state index in [1.54, 1.807) is 17.4 Å². The van der Waals surface area contributed by atoms with Crippen molar-refractivity contribution >= 4 is 17.2 Å². The van der Waals surface area contributed by atoms with Crippen molar-refractivity contribution in [2.45, 2.75) is 50.5 Å². The van der Waals surface area contributed by atoms with Crippen LogP contribution in [0.4, 0.5) is 13.2 Å². The number of para-hydroxylation sites is 1. The molecule has 3 aromatic rings. The molecule has 2 saturated heterocycles. The summed E-state index contributed by atoms with van der Waals surface area (Å²) in [6.07, 6.45) is -1.02. The number of carbonyl (C=O) groups is 1. The minimum atomic E-state index is -4.92. The first-order valence-corrected chi connectivity index (χ1v) is 14.3. The number of carbonyl (C=O) groups excluding carboxylic acids is 1. The van der Waals surface area contributed by atoms with E-state index in [9.17, 15) is 18.0 Å². The van der Waals surface area contributed by atoms with E-state index in [2.05, 4.69) is 16.4 Å². The van der Waals surface area contributed by atoms with Crippen LogP contribution in [0.3, 0.4) is 0 Å². The molecule has 5 rings (SSSR count). The number of rotatable bonds is 7. The van der Waals surface area contributed by atoms with E-state index in [1.165, 1.54) is 29.2 Å². The third-order valence-electron chi connectivity index (χ3n) is 8.45. The van der Waals surface area contributed by atoms with Gasteiger partial charge in [-0.25, -0.2) is 4.98 Å². The monoisotopic (exact) mass is 573 g/mol. The van der Waals surface area contributed by atoms with Crippen LogP contribution in [-0.4, -0.2) is 55.3 Å². The number of aryl methyl sites for hydroxylation is 1. The second-order valence-corrected chi connectivity index (χ2v) is 11.9. The van der Waals surface area contributed by atoms with Crippen molar-refractivity contribution in [1.29, 1.82) is 0 Å². The molecule has 1 spiro atoms. The number of ether oxygens (including phenoxy) is 2. The van der Waals surface area contributed by atoms with E-state index in [-0.39, 0.29) is 30.0 Å². The molecule has 2 atom stereocenters. The SMILES string of the molecule is CO[C@@](C(=O)N1CCC2(CCNCC2c2ccccc2OCc2cnc(C)s2)CC1)(c1ccccc1)C(F)(F)F. The smallest absolute Gasteiger partial charge is 0.430 e. The maximum absolute atomic E-state index is 14.5. The lowest BCUT2D eigenvalue weighted by molar-refractivity contribution is -0.271. The molecule has 2 aliphatic heterocycles. The first-order chi connectivity index (χ1) is 19.2. The summed E-state index contributed by atoms with van der Waals surface area (Å²) < 4.78 is 55.0. The highest BCUT2D eigenvalue weighted by Gasteiger charge is 2.64. The molecule has 1 N–H and O–H groups in total. The van der Waals surface area contributed by atoms with Gasteiger partial charge in [-0.3, -0.25) is 4.79 Å². The number of methoxy groups -OCH3 is 1. The number of likely N-dealkylation sites (tertiary alicyclic amines) is 1. The molecule has 10 heteroatoms. The van der Waals surface area contributed by atoms with Crippen LogP contribution in [0.5, 0.6) is 5.75 Å². The summed E-state index contributed by atoms with van der Waals surface area (Å²) in [4.78, 5) is 20.3. The van der Waals surface area contributed by atoms with Crippen molar-refractivity contribution in [3.8, 4) is 5.75 Å². The summed E-state index contributed by atoms with van der Waals surface area (Å²) in [6.45, 7) is 4.40. The summed E-state index contributed by atoms with van der Waals surface area (Å²) in [5, 5.41) is 4.49. The summed E-state index contributed by atoms with van der Waals surface area (Å²) in [7, 11) is 0.956. The Balaban J connectivity index is 1.37. The predicted molar refractivity (Wildman–Crippen MR) is 147 cm³/mol. The summed E-state index contributed by atoms with van der Waals surface area (Å²) in [6, 6.07) is 15.2. The zero-order valence-electron chi connectivity index (χ0n) is 22.7. The van der Waals surface area contributed by atoms with Crippen LogP contribution in [0.15, 0.2) is 60.8 Å². The van der Waals surface area contributed by atoms with E-state index in [0.717, 1.165) is 47.8 Å². The van der Waals surface area contributed by atoms with Gasteiger partial charge in [0.15, 0.2) is 0 Å². The Morgan fingerprint density at radius 2 is 1.80 bits per heavy atom. The number of benzene rings is 2. The maximum Gasteiger partial charge on any atom is 0.430 e. The number of hydrogen-bond acceptors (Lipinski definition) is 6. The highest BCUT2D eigenvalue weighted by atomic mass is 32.1. The van der Waals surface area contributed by atoms with Gasteiger partial charge in [-0.2, -0.15) is 13.2 Å². The first-order valence-electron chi connectivity index (χ1n) is 13.5. The van der Waals surface area contributed by atoms with Gasteiger partial charge >= 0.3 is 6.18 Å². The lowest BCUT2D eigenvalue weighted by Crippen LogP contribution is -2.59. The Bertz CT molecular complexity index is 1310. The number of aromatic nitrogens is 1. The van der Waals surface area contributed by atoms with Crippen LogP contribution in [-0.2, 0) is 21.7 Å². The topological polar surface area (TPSA) is 63.7 Å². The number of alkyl halides is 3. The molecular formula is C30H34F3N3O3S. The Hall–Kier alpha value is -2.95. The van der Waals surface area contributed by atoms with Crippen LogP contribution in [0, 0.1) is 12.3 Å². The number of amides is 1. The third kappa shape index (κ3) is 5.24. The maximum atomic E-state index is 14.5. The van der Waals surface area contributed by atoms with E-state index >= 15 is 0 Å². The van der Waals surface area contributed by atoms with Gasteiger partial charge in [0.2, 0.25) is 0 Å². The number of thiazole rings is 1. The Morgan fingerprint density at radius 3 is 2.45 bits per heavy atom. The molecule has 1 amide bonds. The molecule has 0 bridgehead atoms. The predicted octanol–water partition coefficient (Wildman–Crippen LogP) is 5.82. The molecule has 40 heavy (non-hydrogen) atoms. The zero-order chi connectivity index (χ0) is 28.4. The van der Waals surface area contributed by atoms with Crippen LogP contribution >= 0.6 is 11.3 Å². The highest BCUT2D eigenvalue weighted by molar-refractivity contribution is 7.11. The van der Waals surface area contributed by atoms with E-state index < -0.39 is 17.7 Å². The van der Waals surface area contributed by atoms with Gasteiger partial charge in [-0.1, -0.05) is 48.5 Å². The molecule has 214 valence electrons. The van der Waals surface area contributed by atoms with Crippen LogP contribution < -0.4 is 10.1 Å². The number of piperidine rings is 2. The Kier molecular flexibility index (Phi) is 8.22. The fraction of sp³-hybridized carbons (Fsp3) is 0.467. The highest BCUT2D eigenvalue weighted by Crippen LogP contribution is 2.51. The molecule has 2 fully saturated rings. The molecule has 0 aliphatic carbocycles. The lowest BCUT2D eigenvalue weighted by atomic mass is 9.62. The molecule has 2 aromatic carbocycles. The number of halogens is 3. The van der Waals surface area contributed by atoms with Crippen molar-refractivity contribution in [3.63, 3.8) is 0 Å². The molecule has 2 aliphatic rings. The molecule has 1 aromatic heterocycles. The minimum absolute atomic E-state index is 0.0989. The van der Waals surface area contributed by atoms with Gasteiger partial charge in [0.25, 0.3) is 11.5 Å². The summed E-state index contributed by atoms with van der Waals surface area (Å²) >= 11 is 1.60. The second-order valence-electron chi connectivity index (χ2n) is 10.6. The second kappa shape index (κ2) is 11.5. The number of nitrogens with zero attached hydrogens (tertiary/aromatic N) is 2. The van der Waals surface area contributed by atoms with E-state index in [1.807, 2.05) is 31.3 Å². The lowest BCUT2D eigenvalue weighted by Gasteiger charge is -2.51. The van der Waals surface area contributed by atoms with Crippen molar-refractivity contribution in [3.05, 3.63) is 81.8 Å². The average Bonchev–Trinajstić information content (AvgIpc) is 3.38. The van der Waals surface area contributed by atoms with E-state index in [0.29, 0.717) is 19.4 Å². The Morgan fingerprint density at radius 1 is 1.10 bits per heavy atom. The summed E-state index contributed by atoms with van der Waals surface area (Å²) in [5.74, 6) is -0.154. The fourth-order valence-electron chi connectivity index (χ4n) is 6.31. The van der Waals surface area contributed by atoms with Gasteiger partial charge in [-0.05, 0) is 49.8 Å².